The van der Waals surface area contributed by atoms with Crippen LogP contribution in [-0.4, -0.2) is 56.6 Å². The Kier molecular flexibility index (Phi) is 5.36. The van der Waals surface area contributed by atoms with E-state index in [1.165, 1.54) is 0 Å². The van der Waals surface area contributed by atoms with Crippen molar-refractivity contribution in [1.82, 2.24) is 10.6 Å². The molecule has 2 amide bonds. The first kappa shape index (κ1) is 13.9. The lowest BCUT2D eigenvalue weighted by atomic mass is 10.1. The summed E-state index contributed by atoms with van der Waals surface area (Å²) in [6.45, 7) is -0.655. The summed E-state index contributed by atoms with van der Waals surface area (Å²) in [6.07, 6.45) is 1.24. The highest BCUT2D eigenvalue weighted by molar-refractivity contribution is 7.85. The largest absolute Gasteiger partial charge is 0.480 e. The van der Waals surface area contributed by atoms with Gasteiger partial charge in [0.25, 0.3) is 0 Å². The lowest BCUT2D eigenvalue weighted by Crippen LogP contribution is -2.51. The molecule has 0 saturated carbocycles. The van der Waals surface area contributed by atoms with E-state index < -0.39 is 35.4 Å². The number of urea groups is 1. The van der Waals surface area contributed by atoms with E-state index >= 15 is 0 Å². The number of aliphatic hydroxyl groups excluding tert-OH is 1. The molecule has 98 valence electrons. The van der Waals surface area contributed by atoms with Crippen molar-refractivity contribution < 1.29 is 24.0 Å². The summed E-state index contributed by atoms with van der Waals surface area (Å²) in [7, 11) is -0.801. The van der Waals surface area contributed by atoms with Crippen LogP contribution < -0.4 is 10.6 Å². The van der Waals surface area contributed by atoms with Gasteiger partial charge in [-0.25, -0.2) is 9.59 Å². The molecular formula is C9H16N2O5S. The van der Waals surface area contributed by atoms with Gasteiger partial charge in [-0.3, -0.25) is 4.21 Å². The number of hydrogen-bond donors (Lipinski definition) is 4. The fourth-order valence-electron chi connectivity index (χ4n) is 1.51. The first-order chi connectivity index (χ1) is 8.02. The van der Waals surface area contributed by atoms with Gasteiger partial charge >= 0.3 is 12.0 Å². The van der Waals surface area contributed by atoms with Gasteiger partial charge in [0, 0.05) is 28.3 Å². The molecule has 1 aliphatic heterocycles. The Bertz CT molecular complexity index is 313. The average molecular weight is 264 g/mol. The Morgan fingerprint density at radius 1 is 1.35 bits per heavy atom. The van der Waals surface area contributed by atoms with Crippen molar-refractivity contribution in [2.24, 2.45) is 0 Å². The summed E-state index contributed by atoms with van der Waals surface area (Å²) in [5.74, 6) is -0.187. The summed E-state index contributed by atoms with van der Waals surface area (Å²) >= 11 is 0. The summed E-state index contributed by atoms with van der Waals surface area (Å²) in [5, 5.41) is 22.1. The summed E-state index contributed by atoms with van der Waals surface area (Å²) < 4.78 is 11.1. The molecule has 0 aromatic carbocycles. The minimum Gasteiger partial charge on any atom is -0.480 e. The van der Waals surface area contributed by atoms with E-state index in [-0.39, 0.29) is 6.04 Å². The topological polar surface area (TPSA) is 116 Å². The Morgan fingerprint density at radius 3 is 2.41 bits per heavy atom. The van der Waals surface area contributed by atoms with Crippen LogP contribution in [0.15, 0.2) is 0 Å². The van der Waals surface area contributed by atoms with Crippen LogP contribution in [-0.2, 0) is 15.6 Å². The number of amides is 2. The molecule has 0 bridgehead atoms. The summed E-state index contributed by atoms with van der Waals surface area (Å²) in [4.78, 5) is 22.0. The molecule has 1 heterocycles. The van der Waals surface area contributed by atoms with Crippen molar-refractivity contribution >= 4 is 22.8 Å². The SMILES string of the molecule is O=C(NC1CCS(=O)CC1)N[C@@H](CO)C(=O)O. The van der Waals surface area contributed by atoms with Crippen molar-refractivity contribution in [3.63, 3.8) is 0 Å². The molecule has 1 fully saturated rings. The van der Waals surface area contributed by atoms with Crippen LogP contribution in [0.3, 0.4) is 0 Å². The van der Waals surface area contributed by atoms with Gasteiger partial charge in [-0.15, -0.1) is 0 Å². The molecule has 17 heavy (non-hydrogen) atoms. The lowest BCUT2D eigenvalue weighted by Gasteiger charge is -2.23. The maximum atomic E-state index is 11.4. The Hall–Kier alpha value is -1.15. The maximum absolute atomic E-state index is 11.4. The fraction of sp³-hybridized carbons (Fsp3) is 0.778. The van der Waals surface area contributed by atoms with Gasteiger partial charge in [0.1, 0.15) is 0 Å². The van der Waals surface area contributed by atoms with Gasteiger partial charge in [-0.2, -0.15) is 0 Å². The highest BCUT2D eigenvalue weighted by atomic mass is 32.2. The second kappa shape index (κ2) is 6.55. The van der Waals surface area contributed by atoms with Crippen LogP contribution in [0.2, 0.25) is 0 Å². The molecule has 0 unspecified atom stereocenters. The molecule has 8 heteroatoms. The predicted molar refractivity (Wildman–Crippen MR) is 61.1 cm³/mol. The number of hydrogen-bond acceptors (Lipinski definition) is 4. The van der Waals surface area contributed by atoms with Gasteiger partial charge in [0.15, 0.2) is 6.04 Å². The number of aliphatic hydroxyl groups is 1. The number of carbonyl (C=O) groups excluding carboxylic acids is 1. The monoisotopic (exact) mass is 264 g/mol. The van der Waals surface area contributed by atoms with Gasteiger partial charge in [0.2, 0.25) is 0 Å². The molecule has 0 spiro atoms. The molecule has 7 nitrogen and oxygen atoms in total. The minimum atomic E-state index is -1.30. The standard InChI is InChI=1S/C9H16N2O5S/c12-5-7(8(13)14)11-9(15)10-6-1-3-17(16)4-2-6/h6-7,12H,1-5H2,(H,13,14)(H2,10,11,15)/t6?,7-,17?/m0/s1. The van der Waals surface area contributed by atoms with E-state index in [1.807, 2.05) is 0 Å². The van der Waals surface area contributed by atoms with Crippen molar-refractivity contribution in [2.75, 3.05) is 18.1 Å². The molecule has 0 aromatic heterocycles. The highest BCUT2D eigenvalue weighted by Crippen LogP contribution is 2.08. The number of rotatable bonds is 4. The molecule has 0 aromatic rings. The Labute approximate surface area is 101 Å². The zero-order chi connectivity index (χ0) is 12.8. The number of carboxylic acid groups (broad SMARTS) is 1. The maximum Gasteiger partial charge on any atom is 0.328 e. The zero-order valence-corrected chi connectivity index (χ0v) is 10.0. The molecule has 0 aliphatic carbocycles. The number of nitrogens with one attached hydrogen (secondary N) is 2. The Morgan fingerprint density at radius 2 is 1.94 bits per heavy atom. The normalized spacial score (nSPS) is 25.9. The lowest BCUT2D eigenvalue weighted by molar-refractivity contribution is -0.140. The molecule has 1 saturated heterocycles. The molecule has 0 radical (unpaired) electrons. The summed E-state index contributed by atoms with van der Waals surface area (Å²) in [6, 6.07) is -2.00. The fourth-order valence-corrected chi connectivity index (χ4v) is 2.81. The van der Waals surface area contributed by atoms with E-state index in [1.54, 1.807) is 0 Å². The van der Waals surface area contributed by atoms with Crippen molar-refractivity contribution in [3.05, 3.63) is 0 Å². The van der Waals surface area contributed by atoms with Crippen LogP contribution in [0, 0.1) is 0 Å². The van der Waals surface area contributed by atoms with Crippen LogP contribution in [0.4, 0.5) is 4.79 Å². The molecule has 4 N–H and O–H groups in total. The number of aliphatic carboxylic acids is 1. The van der Waals surface area contributed by atoms with Crippen molar-refractivity contribution in [1.29, 1.82) is 0 Å². The zero-order valence-electron chi connectivity index (χ0n) is 9.22. The van der Waals surface area contributed by atoms with E-state index in [0.29, 0.717) is 24.3 Å². The third-order valence-corrected chi connectivity index (χ3v) is 3.89. The van der Waals surface area contributed by atoms with Gasteiger partial charge < -0.3 is 20.8 Å². The van der Waals surface area contributed by atoms with Crippen LogP contribution in [0.5, 0.6) is 0 Å². The molecule has 1 aliphatic rings. The molecular weight excluding hydrogens is 248 g/mol. The van der Waals surface area contributed by atoms with Crippen molar-refractivity contribution in [3.8, 4) is 0 Å². The second-order valence-corrected chi connectivity index (χ2v) is 5.51. The quantitative estimate of drug-likeness (QED) is 0.500. The average Bonchev–Trinajstić information content (AvgIpc) is 2.28. The number of carbonyl (C=O) groups is 2. The van der Waals surface area contributed by atoms with Crippen LogP contribution >= 0.6 is 0 Å². The van der Waals surface area contributed by atoms with Crippen molar-refractivity contribution in [2.45, 2.75) is 24.9 Å². The van der Waals surface area contributed by atoms with E-state index in [2.05, 4.69) is 10.6 Å². The van der Waals surface area contributed by atoms with Gasteiger partial charge in [-0.1, -0.05) is 0 Å². The first-order valence-electron chi connectivity index (χ1n) is 5.28. The summed E-state index contributed by atoms with van der Waals surface area (Å²) in [5.41, 5.74) is 0. The smallest absolute Gasteiger partial charge is 0.328 e. The first-order valence-corrected chi connectivity index (χ1v) is 6.77. The second-order valence-electron chi connectivity index (χ2n) is 3.81. The highest BCUT2D eigenvalue weighted by Gasteiger charge is 2.22. The van der Waals surface area contributed by atoms with E-state index in [0.717, 1.165) is 0 Å². The van der Waals surface area contributed by atoms with E-state index in [4.69, 9.17) is 10.2 Å². The van der Waals surface area contributed by atoms with E-state index in [9.17, 15) is 13.8 Å². The third kappa shape index (κ3) is 4.70. The van der Waals surface area contributed by atoms with Gasteiger partial charge in [0.05, 0.1) is 6.61 Å². The third-order valence-electron chi connectivity index (χ3n) is 2.51. The molecule has 1 rings (SSSR count). The molecule has 1 atom stereocenters. The van der Waals surface area contributed by atoms with Crippen LogP contribution in [0.1, 0.15) is 12.8 Å². The number of carboxylic acids is 1. The minimum absolute atomic E-state index is 0.0826. The Balaban J connectivity index is 2.34. The van der Waals surface area contributed by atoms with Crippen LogP contribution in [0.25, 0.3) is 0 Å². The van der Waals surface area contributed by atoms with Gasteiger partial charge in [-0.05, 0) is 12.8 Å². The predicted octanol–water partition coefficient (Wildman–Crippen LogP) is -1.36.